The first-order valence-corrected chi connectivity index (χ1v) is 5.75. The molecule has 0 saturated carbocycles. The lowest BCUT2D eigenvalue weighted by atomic mass is 10.0. The van der Waals surface area contributed by atoms with Crippen molar-refractivity contribution in [3.63, 3.8) is 0 Å². The van der Waals surface area contributed by atoms with E-state index in [2.05, 4.69) is 0 Å². The highest BCUT2D eigenvalue weighted by atomic mass is 19.4. The van der Waals surface area contributed by atoms with Crippen LogP contribution in [0, 0.1) is 0 Å². The lowest BCUT2D eigenvalue weighted by Crippen LogP contribution is -2.21. The molecule has 2 unspecified atom stereocenters. The first-order chi connectivity index (χ1) is 8.38. The van der Waals surface area contributed by atoms with Crippen LogP contribution in [-0.4, -0.2) is 18.0 Å². The van der Waals surface area contributed by atoms with Gasteiger partial charge in [0.2, 0.25) is 0 Å². The summed E-state index contributed by atoms with van der Waals surface area (Å²) in [4.78, 5) is 11.9. The molecule has 0 aromatic heterocycles. The molecule has 1 aromatic carbocycles. The third-order valence-electron chi connectivity index (χ3n) is 3.02. The molecule has 1 fully saturated rings. The number of benzene rings is 1. The molecule has 0 radical (unpaired) electrons. The molecular weight excluding hydrogens is 245 g/mol. The van der Waals surface area contributed by atoms with Crippen molar-refractivity contribution >= 4 is 5.78 Å². The summed E-state index contributed by atoms with van der Waals surface area (Å²) in [6.07, 6.45) is -3.43. The number of Topliss-reactive ketones (excluding diaryl/α,β-unsaturated/α-hetero) is 1. The molecule has 0 spiro atoms. The Hall–Kier alpha value is -1.36. The molecular formula is C13H13F3O2. The number of ether oxygens (including phenoxy) is 1. The van der Waals surface area contributed by atoms with Crippen molar-refractivity contribution in [2.45, 2.75) is 38.1 Å². The van der Waals surface area contributed by atoms with E-state index in [0.717, 1.165) is 18.6 Å². The fourth-order valence-electron chi connectivity index (χ4n) is 2.00. The highest BCUT2D eigenvalue weighted by Crippen LogP contribution is 2.30. The monoisotopic (exact) mass is 258 g/mol. The Morgan fingerprint density at radius 3 is 2.28 bits per heavy atom. The van der Waals surface area contributed by atoms with E-state index in [4.69, 9.17) is 4.74 Å². The summed E-state index contributed by atoms with van der Waals surface area (Å²) in [5.74, 6) is -0.243. The maximum absolute atomic E-state index is 12.4. The topological polar surface area (TPSA) is 26.3 Å². The Morgan fingerprint density at radius 2 is 1.83 bits per heavy atom. The number of hydrogen-bond acceptors (Lipinski definition) is 2. The SMILES string of the molecule is CC1CCC(C(=O)c2ccc(C(F)(F)F)cc2)O1. The average Bonchev–Trinajstić information content (AvgIpc) is 2.74. The van der Waals surface area contributed by atoms with Gasteiger partial charge in [0.25, 0.3) is 0 Å². The Balaban J connectivity index is 2.12. The van der Waals surface area contributed by atoms with Crippen molar-refractivity contribution in [2.75, 3.05) is 0 Å². The van der Waals surface area contributed by atoms with Gasteiger partial charge in [-0.3, -0.25) is 4.79 Å². The predicted octanol–water partition coefficient (Wildman–Crippen LogP) is 3.46. The van der Waals surface area contributed by atoms with Crippen LogP contribution in [0.4, 0.5) is 13.2 Å². The minimum absolute atomic E-state index is 0.0356. The van der Waals surface area contributed by atoms with Crippen molar-refractivity contribution in [3.05, 3.63) is 35.4 Å². The van der Waals surface area contributed by atoms with Crippen LogP contribution in [0.2, 0.25) is 0 Å². The molecule has 2 atom stereocenters. The number of rotatable bonds is 2. The zero-order valence-electron chi connectivity index (χ0n) is 9.83. The van der Waals surface area contributed by atoms with Crippen LogP contribution in [0.5, 0.6) is 0 Å². The van der Waals surface area contributed by atoms with Crippen molar-refractivity contribution in [2.24, 2.45) is 0 Å². The zero-order chi connectivity index (χ0) is 13.3. The molecule has 1 aliphatic rings. The van der Waals surface area contributed by atoms with Gasteiger partial charge in [-0.1, -0.05) is 12.1 Å². The number of hydrogen-bond donors (Lipinski definition) is 0. The molecule has 1 aliphatic heterocycles. The third-order valence-corrected chi connectivity index (χ3v) is 3.02. The van der Waals surface area contributed by atoms with Gasteiger partial charge in [0.15, 0.2) is 5.78 Å². The summed E-state index contributed by atoms with van der Waals surface area (Å²) in [5.41, 5.74) is -0.484. The van der Waals surface area contributed by atoms with Gasteiger partial charge in [-0.15, -0.1) is 0 Å². The summed E-state index contributed by atoms with van der Waals surface area (Å²) in [7, 11) is 0. The van der Waals surface area contributed by atoms with Gasteiger partial charge in [-0.2, -0.15) is 13.2 Å². The van der Waals surface area contributed by atoms with Gasteiger partial charge in [-0.05, 0) is 31.9 Å². The van der Waals surface area contributed by atoms with Gasteiger partial charge in [-0.25, -0.2) is 0 Å². The summed E-state index contributed by atoms with van der Waals surface area (Å²) < 4.78 is 42.5. The molecule has 18 heavy (non-hydrogen) atoms. The molecule has 2 rings (SSSR count). The van der Waals surface area contributed by atoms with Crippen molar-refractivity contribution in [3.8, 4) is 0 Å². The second kappa shape index (κ2) is 4.72. The van der Waals surface area contributed by atoms with Gasteiger partial charge < -0.3 is 4.74 Å². The highest BCUT2D eigenvalue weighted by molar-refractivity contribution is 5.99. The van der Waals surface area contributed by atoms with Crippen LogP contribution in [0.25, 0.3) is 0 Å². The van der Waals surface area contributed by atoms with E-state index in [1.165, 1.54) is 12.1 Å². The van der Waals surface area contributed by atoms with Crippen molar-refractivity contribution in [1.82, 2.24) is 0 Å². The lowest BCUT2D eigenvalue weighted by molar-refractivity contribution is -0.137. The molecule has 0 amide bonds. The maximum atomic E-state index is 12.4. The third kappa shape index (κ3) is 2.72. The molecule has 1 heterocycles. The summed E-state index contributed by atoms with van der Waals surface area (Å²) in [5, 5.41) is 0. The van der Waals surface area contributed by atoms with Crippen LogP contribution < -0.4 is 0 Å². The summed E-state index contributed by atoms with van der Waals surface area (Å²) in [6.45, 7) is 1.88. The quantitative estimate of drug-likeness (QED) is 0.759. The molecule has 5 heteroatoms. The molecule has 1 aromatic rings. The van der Waals surface area contributed by atoms with E-state index in [1.807, 2.05) is 6.92 Å². The fourth-order valence-corrected chi connectivity index (χ4v) is 2.00. The Kier molecular flexibility index (Phi) is 3.43. The standard InChI is InChI=1S/C13H13F3O2/c1-8-2-7-11(18-8)12(17)9-3-5-10(6-4-9)13(14,15)16/h3-6,8,11H,2,7H2,1H3. The number of carbonyl (C=O) groups is 1. The van der Waals surface area contributed by atoms with Gasteiger partial charge >= 0.3 is 6.18 Å². The van der Waals surface area contributed by atoms with E-state index in [0.29, 0.717) is 6.42 Å². The smallest absolute Gasteiger partial charge is 0.367 e. The number of alkyl halides is 3. The molecule has 0 N–H and O–H groups in total. The second-order valence-corrected chi connectivity index (χ2v) is 4.45. The molecule has 98 valence electrons. The Bertz CT molecular complexity index is 437. The average molecular weight is 258 g/mol. The number of ketones is 1. The van der Waals surface area contributed by atoms with Gasteiger partial charge in [0, 0.05) is 5.56 Å². The molecule has 2 nitrogen and oxygen atoms in total. The van der Waals surface area contributed by atoms with E-state index in [9.17, 15) is 18.0 Å². The predicted molar refractivity (Wildman–Crippen MR) is 59.3 cm³/mol. The van der Waals surface area contributed by atoms with Gasteiger partial charge in [0.05, 0.1) is 11.7 Å². The van der Waals surface area contributed by atoms with Crippen molar-refractivity contribution in [1.29, 1.82) is 0 Å². The maximum Gasteiger partial charge on any atom is 0.416 e. The van der Waals surface area contributed by atoms with Crippen LogP contribution in [0.3, 0.4) is 0 Å². The van der Waals surface area contributed by atoms with E-state index in [-0.39, 0.29) is 17.5 Å². The first-order valence-electron chi connectivity index (χ1n) is 5.75. The van der Waals surface area contributed by atoms with Crippen LogP contribution in [0.15, 0.2) is 24.3 Å². The lowest BCUT2D eigenvalue weighted by Gasteiger charge is -2.11. The first kappa shape index (κ1) is 13.1. The second-order valence-electron chi connectivity index (χ2n) is 4.45. The van der Waals surface area contributed by atoms with Crippen LogP contribution >= 0.6 is 0 Å². The Morgan fingerprint density at radius 1 is 1.22 bits per heavy atom. The van der Waals surface area contributed by atoms with E-state index in [1.54, 1.807) is 0 Å². The van der Waals surface area contributed by atoms with Gasteiger partial charge in [0.1, 0.15) is 6.10 Å². The van der Waals surface area contributed by atoms with E-state index >= 15 is 0 Å². The fraction of sp³-hybridized carbons (Fsp3) is 0.462. The Labute approximate surface area is 103 Å². The molecule has 1 saturated heterocycles. The van der Waals surface area contributed by atoms with Crippen LogP contribution in [0.1, 0.15) is 35.7 Å². The van der Waals surface area contributed by atoms with Crippen molar-refractivity contribution < 1.29 is 22.7 Å². The minimum Gasteiger partial charge on any atom is -0.367 e. The number of carbonyl (C=O) groups excluding carboxylic acids is 1. The minimum atomic E-state index is -4.38. The zero-order valence-corrected chi connectivity index (χ0v) is 9.83. The van der Waals surface area contributed by atoms with Crippen LogP contribution in [-0.2, 0) is 10.9 Å². The van der Waals surface area contributed by atoms with E-state index < -0.39 is 17.8 Å². The molecule has 0 bridgehead atoms. The summed E-state index contributed by atoms with van der Waals surface area (Å²) in [6, 6.07) is 4.26. The highest BCUT2D eigenvalue weighted by Gasteiger charge is 2.32. The molecule has 0 aliphatic carbocycles. The number of halogens is 3. The largest absolute Gasteiger partial charge is 0.416 e. The normalized spacial score (nSPS) is 24.2. The summed E-state index contributed by atoms with van der Waals surface area (Å²) >= 11 is 0.